The molecule has 0 aliphatic carbocycles. The molecule has 2 fully saturated rings. The van der Waals surface area contributed by atoms with E-state index in [-0.39, 0.29) is 0 Å². The summed E-state index contributed by atoms with van der Waals surface area (Å²) in [4.78, 5) is 2.60. The highest BCUT2D eigenvalue weighted by molar-refractivity contribution is 4.97. The summed E-state index contributed by atoms with van der Waals surface area (Å²) in [6.07, 6.45) is -3.14. The minimum absolute atomic E-state index is 0.408. The molecular weight excluding hydrogens is 230 g/mol. The topological polar surface area (TPSA) is 117 Å². The Bertz CT molecular complexity index is 344. The molecule has 0 spiro atoms. The molecule has 2 heterocycles. The third-order valence-electron chi connectivity index (χ3n) is 2.82. The van der Waals surface area contributed by atoms with E-state index in [0.717, 1.165) is 0 Å². The van der Waals surface area contributed by atoms with Crippen LogP contribution in [0, 0.1) is 0 Å². The van der Waals surface area contributed by atoms with Crippen molar-refractivity contribution in [1.29, 1.82) is 0 Å². The normalized spacial score (nSPS) is 40.7. The second-order valence-electron chi connectivity index (χ2n) is 4.51. The van der Waals surface area contributed by atoms with E-state index >= 15 is 0 Å². The number of azide groups is 1. The molecule has 8 heteroatoms. The minimum Gasteiger partial charge on any atom is -0.396 e. The fourth-order valence-corrected chi connectivity index (χ4v) is 2.11. The average molecular weight is 245 g/mol. The van der Waals surface area contributed by atoms with Crippen LogP contribution in [0.25, 0.3) is 10.4 Å². The third-order valence-corrected chi connectivity index (χ3v) is 2.82. The molecule has 0 amide bonds. The van der Waals surface area contributed by atoms with Crippen LogP contribution < -0.4 is 0 Å². The molecule has 0 radical (unpaired) electrons. The summed E-state index contributed by atoms with van der Waals surface area (Å²) in [7, 11) is 0. The zero-order valence-electron chi connectivity index (χ0n) is 9.55. The molecule has 0 unspecified atom stereocenters. The van der Waals surface area contributed by atoms with Gasteiger partial charge in [-0.1, -0.05) is 5.11 Å². The molecule has 2 aliphatic rings. The molecule has 2 saturated heterocycles. The van der Waals surface area contributed by atoms with Crippen LogP contribution in [0.3, 0.4) is 0 Å². The lowest BCUT2D eigenvalue weighted by Gasteiger charge is -2.25. The molecular formula is C9H15N3O5. The van der Waals surface area contributed by atoms with Gasteiger partial charge in [0, 0.05) is 4.91 Å². The van der Waals surface area contributed by atoms with E-state index in [0.29, 0.717) is 0 Å². The number of hydrogen-bond donors (Lipinski definition) is 2. The summed E-state index contributed by atoms with van der Waals surface area (Å²) >= 11 is 0. The molecule has 0 bridgehead atoms. The monoisotopic (exact) mass is 245 g/mol. The van der Waals surface area contributed by atoms with Crippen LogP contribution >= 0.6 is 0 Å². The van der Waals surface area contributed by atoms with Crippen LogP contribution in [0.2, 0.25) is 0 Å². The molecule has 0 aromatic rings. The second-order valence-corrected chi connectivity index (χ2v) is 4.51. The highest BCUT2D eigenvalue weighted by Gasteiger charge is 2.55. The predicted octanol–water partition coefficient (Wildman–Crippen LogP) is -0.105. The lowest BCUT2D eigenvalue weighted by Crippen LogP contribution is -2.41. The van der Waals surface area contributed by atoms with Crippen molar-refractivity contribution in [2.45, 2.75) is 50.3 Å². The zero-order valence-corrected chi connectivity index (χ0v) is 9.55. The fourth-order valence-electron chi connectivity index (χ4n) is 2.11. The van der Waals surface area contributed by atoms with Gasteiger partial charge in [0.2, 0.25) is 0 Å². The number of hydrogen-bond acceptors (Lipinski definition) is 6. The maximum absolute atomic E-state index is 10.00. The van der Waals surface area contributed by atoms with Gasteiger partial charge in [0.05, 0.1) is 12.6 Å². The molecule has 2 N–H and O–H groups in total. The van der Waals surface area contributed by atoms with Gasteiger partial charge in [0.25, 0.3) is 0 Å². The number of ether oxygens (including phenoxy) is 3. The average Bonchev–Trinajstić information content (AvgIpc) is 2.70. The third kappa shape index (κ3) is 2.23. The molecule has 5 atom stereocenters. The van der Waals surface area contributed by atoms with E-state index in [1.54, 1.807) is 13.8 Å². The Morgan fingerprint density at radius 3 is 2.71 bits per heavy atom. The van der Waals surface area contributed by atoms with Crippen LogP contribution in [0.1, 0.15) is 13.8 Å². The van der Waals surface area contributed by atoms with Crippen molar-refractivity contribution in [3.8, 4) is 0 Å². The Hall–Kier alpha value is -0.890. The standard InChI is InChI=1S/C9H15N3O5/c1-9(2)16-7-5(14)6(15-8(7)17-9)4(3-13)11-12-10/h4-8,13-14H,3H2,1-2H3/t4-,5-,6-,7-,8-/m0/s1. The Morgan fingerprint density at radius 2 is 2.18 bits per heavy atom. The lowest BCUT2D eigenvalue weighted by atomic mass is 10.1. The molecule has 96 valence electrons. The smallest absolute Gasteiger partial charge is 0.190 e. The summed E-state index contributed by atoms with van der Waals surface area (Å²) in [6.45, 7) is 3.02. The van der Waals surface area contributed by atoms with E-state index in [2.05, 4.69) is 10.0 Å². The largest absolute Gasteiger partial charge is 0.396 e. The Balaban J connectivity index is 2.09. The highest BCUT2D eigenvalue weighted by atomic mass is 16.8. The number of aliphatic hydroxyl groups excluding tert-OH is 2. The molecule has 8 nitrogen and oxygen atoms in total. The van der Waals surface area contributed by atoms with Crippen molar-refractivity contribution in [1.82, 2.24) is 0 Å². The van der Waals surface area contributed by atoms with Gasteiger partial charge in [-0.3, -0.25) is 0 Å². The van der Waals surface area contributed by atoms with Crippen molar-refractivity contribution in [2.75, 3.05) is 6.61 Å². The Labute approximate surface area is 97.7 Å². The molecule has 2 aliphatic heterocycles. The molecule has 2 rings (SSSR count). The van der Waals surface area contributed by atoms with E-state index in [9.17, 15) is 5.11 Å². The van der Waals surface area contributed by atoms with Gasteiger partial charge in [-0.2, -0.15) is 0 Å². The van der Waals surface area contributed by atoms with Gasteiger partial charge in [-0.15, -0.1) is 0 Å². The quantitative estimate of drug-likeness (QED) is 0.409. The van der Waals surface area contributed by atoms with Gasteiger partial charge in [0.1, 0.15) is 18.3 Å². The summed E-state index contributed by atoms with van der Waals surface area (Å²) in [5.41, 5.74) is 8.35. The summed E-state index contributed by atoms with van der Waals surface area (Å²) in [6, 6.07) is -0.851. The molecule has 0 aromatic carbocycles. The number of fused-ring (bicyclic) bond motifs is 1. The summed E-state index contributed by atoms with van der Waals surface area (Å²) in [5, 5.41) is 22.4. The van der Waals surface area contributed by atoms with Gasteiger partial charge in [0.15, 0.2) is 12.1 Å². The van der Waals surface area contributed by atoms with E-state index in [1.807, 2.05) is 0 Å². The van der Waals surface area contributed by atoms with Gasteiger partial charge in [-0.05, 0) is 19.4 Å². The van der Waals surface area contributed by atoms with E-state index in [1.165, 1.54) is 0 Å². The second kappa shape index (κ2) is 4.41. The highest BCUT2D eigenvalue weighted by Crippen LogP contribution is 2.38. The van der Waals surface area contributed by atoms with Gasteiger partial charge >= 0.3 is 0 Å². The number of rotatable bonds is 3. The Kier molecular flexibility index (Phi) is 3.26. The molecule has 0 aromatic heterocycles. The van der Waals surface area contributed by atoms with Crippen LogP contribution in [-0.4, -0.2) is 53.3 Å². The first-order chi connectivity index (χ1) is 7.98. The van der Waals surface area contributed by atoms with Crippen molar-refractivity contribution in [2.24, 2.45) is 5.11 Å². The van der Waals surface area contributed by atoms with Gasteiger partial charge < -0.3 is 24.4 Å². The number of nitrogens with zero attached hydrogens (tertiary/aromatic N) is 3. The first kappa shape index (κ1) is 12.6. The lowest BCUT2D eigenvalue weighted by molar-refractivity contribution is -0.217. The van der Waals surface area contributed by atoms with Crippen molar-refractivity contribution in [3.05, 3.63) is 10.4 Å². The minimum atomic E-state index is -0.996. The SMILES string of the molecule is CC1(C)O[C@@H]2O[C@@H]([C@H](CO)N=[N+]=[N-])[C@H](O)[C@@H]2O1. The van der Waals surface area contributed by atoms with E-state index < -0.39 is 43.0 Å². The summed E-state index contributed by atoms with van der Waals surface area (Å²) < 4.78 is 16.3. The first-order valence-electron chi connectivity index (χ1n) is 5.33. The summed E-state index contributed by atoms with van der Waals surface area (Å²) in [5.74, 6) is -0.811. The Morgan fingerprint density at radius 1 is 1.47 bits per heavy atom. The van der Waals surface area contributed by atoms with Crippen molar-refractivity contribution < 1.29 is 24.4 Å². The van der Waals surface area contributed by atoms with Gasteiger partial charge in [-0.25, -0.2) is 0 Å². The maximum Gasteiger partial charge on any atom is 0.190 e. The van der Waals surface area contributed by atoms with Crippen LogP contribution in [0.5, 0.6) is 0 Å². The fraction of sp³-hybridized carbons (Fsp3) is 1.00. The predicted molar refractivity (Wildman–Crippen MR) is 54.7 cm³/mol. The maximum atomic E-state index is 10.00. The van der Waals surface area contributed by atoms with Crippen LogP contribution in [0.15, 0.2) is 5.11 Å². The first-order valence-corrected chi connectivity index (χ1v) is 5.33. The van der Waals surface area contributed by atoms with E-state index in [4.69, 9.17) is 24.8 Å². The number of aliphatic hydroxyl groups is 2. The molecule has 0 saturated carbocycles. The van der Waals surface area contributed by atoms with Crippen molar-refractivity contribution >= 4 is 0 Å². The van der Waals surface area contributed by atoms with Crippen molar-refractivity contribution in [3.63, 3.8) is 0 Å². The van der Waals surface area contributed by atoms with Crippen LogP contribution in [-0.2, 0) is 14.2 Å². The van der Waals surface area contributed by atoms with Crippen LogP contribution in [0.4, 0.5) is 0 Å². The zero-order chi connectivity index (χ0) is 12.6. The molecule has 17 heavy (non-hydrogen) atoms.